The molecule has 0 saturated heterocycles. The van der Waals surface area contributed by atoms with E-state index < -0.39 is 28.3 Å². The summed E-state index contributed by atoms with van der Waals surface area (Å²) in [5.41, 5.74) is -1.40. The minimum atomic E-state index is -1.76. The summed E-state index contributed by atoms with van der Waals surface area (Å²) in [4.78, 5) is 38.1. The Balaban J connectivity index is 2.25. The summed E-state index contributed by atoms with van der Waals surface area (Å²) in [5.74, 6) is -1.16. The molecule has 0 fully saturated rings. The van der Waals surface area contributed by atoms with Gasteiger partial charge in [-0.05, 0) is 32.0 Å². The van der Waals surface area contributed by atoms with Crippen LogP contribution in [0.2, 0.25) is 0 Å². The number of aromatic amines is 4. The molecule has 0 unspecified atom stereocenters. The van der Waals surface area contributed by atoms with Crippen molar-refractivity contribution in [3.8, 4) is 0 Å². The molecule has 0 radical (unpaired) electrons. The third kappa shape index (κ3) is 1.77. The number of aromatic nitrogens is 4. The summed E-state index contributed by atoms with van der Waals surface area (Å²) in [5, 5.41) is 12.9. The minimum absolute atomic E-state index is 0.0579. The summed E-state index contributed by atoms with van der Waals surface area (Å²) in [6.07, 6.45) is 0. The van der Waals surface area contributed by atoms with Crippen molar-refractivity contribution in [3.05, 3.63) is 72.8 Å². The van der Waals surface area contributed by atoms with Crippen molar-refractivity contribution in [3.63, 3.8) is 0 Å². The third-order valence-corrected chi connectivity index (χ3v) is 4.66. The van der Waals surface area contributed by atoms with Crippen molar-refractivity contribution >= 4 is 11.6 Å². The van der Waals surface area contributed by atoms with Crippen LogP contribution in [0.3, 0.4) is 0 Å². The maximum Gasteiger partial charge on any atom is 0.269 e. The van der Waals surface area contributed by atoms with E-state index in [4.69, 9.17) is 0 Å². The van der Waals surface area contributed by atoms with Crippen molar-refractivity contribution < 1.29 is 9.18 Å². The summed E-state index contributed by atoms with van der Waals surface area (Å²) in [6.45, 7) is 3.21. The zero-order valence-electron chi connectivity index (χ0n) is 13.3. The number of rotatable bonds is 2. The summed E-state index contributed by atoms with van der Waals surface area (Å²) >= 11 is 0. The lowest BCUT2D eigenvalue weighted by molar-refractivity contribution is -0.118. The third-order valence-electron chi connectivity index (χ3n) is 4.66. The molecule has 1 aliphatic rings. The number of hydrogen-bond acceptors (Lipinski definition) is 3. The molecule has 4 rings (SSSR count). The number of H-pyrrole nitrogens is 4. The van der Waals surface area contributed by atoms with E-state index in [1.54, 1.807) is 13.8 Å². The molecule has 1 amide bonds. The standard InChI is InChI=1S/C16H14FN5O3/c1-6-11(13(23)21-19-6)16(12-7(2)20-22-14(12)24)9-5-8(17)3-4-10(9)18-15(16)25/h3-5H,1-2H3,(H,18,25)(H2,19,21,23)(H2,20,22,24). The van der Waals surface area contributed by atoms with Crippen LogP contribution in [-0.4, -0.2) is 26.3 Å². The average Bonchev–Trinajstić information content (AvgIpc) is 3.16. The number of hydrogen-bond donors (Lipinski definition) is 5. The predicted octanol–water partition coefficient (Wildman–Crippen LogP) is 0.762. The molecule has 0 spiro atoms. The van der Waals surface area contributed by atoms with Gasteiger partial charge in [-0.15, -0.1) is 0 Å². The Bertz CT molecular complexity index is 1080. The highest BCUT2D eigenvalue weighted by Crippen LogP contribution is 2.47. The van der Waals surface area contributed by atoms with E-state index in [9.17, 15) is 18.8 Å². The van der Waals surface area contributed by atoms with Gasteiger partial charge in [0.25, 0.3) is 11.1 Å². The van der Waals surface area contributed by atoms with Crippen molar-refractivity contribution in [1.29, 1.82) is 0 Å². The molecule has 3 aromatic rings. The van der Waals surface area contributed by atoms with Crippen molar-refractivity contribution in [2.75, 3.05) is 5.32 Å². The first-order valence-electron chi connectivity index (χ1n) is 7.54. The summed E-state index contributed by atoms with van der Waals surface area (Å²) in [7, 11) is 0. The Kier molecular flexibility index (Phi) is 2.93. The first-order valence-corrected chi connectivity index (χ1v) is 7.54. The van der Waals surface area contributed by atoms with Crippen LogP contribution >= 0.6 is 0 Å². The molecule has 25 heavy (non-hydrogen) atoms. The fourth-order valence-electron chi connectivity index (χ4n) is 3.69. The zero-order valence-corrected chi connectivity index (χ0v) is 13.3. The second-order valence-corrected chi connectivity index (χ2v) is 6.05. The highest BCUT2D eigenvalue weighted by molar-refractivity contribution is 6.11. The Morgan fingerprint density at radius 2 is 1.44 bits per heavy atom. The first-order chi connectivity index (χ1) is 11.9. The van der Waals surface area contributed by atoms with Crippen LogP contribution in [0, 0.1) is 19.7 Å². The van der Waals surface area contributed by atoms with Gasteiger partial charge in [0.1, 0.15) is 11.2 Å². The highest BCUT2D eigenvalue weighted by Gasteiger charge is 2.55. The first kappa shape index (κ1) is 15.2. The molecule has 0 saturated carbocycles. The smallest absolute Gasteiger partial charge is 0.269 e. The Morgan fingerprint density at radius 1 is 0.880 bits per heavy atom. The lowest BCUT2D eigenvalue weighted by Gasteiger charge is -2.26. The zero-order chi connectivity index (χ0) is 17.9. The molecule has 1 aromatic carbocycles. The van der Waals surface area contributed by atoms with Gasteiger partial charge in [0.05, 0.1) is 11.1 Å². The number of amides is 1. The Morgan fingerprint density at radius 3 is 1.92 bits per heavy atom. The molecule has 3 heterocycles. The van der Waals surface area contributed by atoms with Crippen LogP contribution < -0.4 is 16.4 Å². The van der Waals surface area contributed by atoms with Gasteiger partial charge in [-0.1, -0.05) is 0 Å². The van der Waals surface area contributed by atoms with Gasteiger partial charge >= 0.3 is 0 Å². The number of carbonyl (C=O) groups excluding carboxylic acids is 1. The average molecular weight is 343 g/mol. The Labute approximate surface area is 139 Å². The van der Waals surface area contributed by atoms with Crippen LogP contribution in [0.15, 0.2) is 27.8 Å². The number of carbonyl (C=O) groups is 1. The number of halogens is 1. The maximum absolute atomic E-state index is 14.0. The van der Waals surface area contributed by atoms with Gasteiger partial charge in [0.2, 0.25) is 5.91 Å². The lowest BCUT2D eigenvalue weighted by Crippen LogP contribution is -2.44. The molecule has 2 aromatic heterocycles. The van der Waals surface area contributed by atoms with Crippen LogP contribution in [0.1, 0.15) is 28.1 Å². The van der Waals surface area contributed by atoms with Gasteiger partial charge in [-0.3, -0.25) is 24.6 Å². The largest absolute Gasteiger partial charge is 0.324 e. The fraction of sp³-hybridized carbons (Fsp3) is 0.188. The lowest BCUT2D eigenvalue weighted by atomic mass is 9.70. The molecule has 1 aliphatic heterocycles. The molecule has 8 nitrogen and oxygen atoms in total. The molecular weight excluding hydrogens is 329 g/mol. The highest BCUT2D eigenvalue weighted by atomic mass is 19.1. The quantitative estimate of drug-likeness (QED) is 0.471. The number of anilines is 1. The van der Waals surface area contributed by atoms with Crippen molar-refractivity contribution in [2.24, 2.45) is 0 Å². The summed E-state index contributed by atoms with van der Waals surface area (Å²) < 4.78 is 14.0. The van der Waals surface area contributed by atoms with Crippen molar-refractivity contribution in [2.45, 2.75) is 19.3 Å². The van der Waals surface area contributed by atoms with Gasteiger partial charge in [0.15, 0.2) is 0 Å². The molecule has 0 atom stereocenters. The van der Waals surface area contributed by atoms with E-state index in [1.165, 1.54) is 18.2 Å². The number of aryl methyl sites for hydroxylation is 2. The maximum atomic E-state index is 14.0. The molecule has 0 aliphatic carbocycles. The predicted molar refractivity (Wildman–Crippen MR) is 87.2 cm³/mol. The fourth-order valence-corrected chi connectivity index (χ4v) is 3.69. The SMILES string of the molecule is Cc1[nH][nH]c(=O)c1C1(c2c(C)[nH][nH]c2=O)C(=O)Nc2ccc(F)cc21. The van der Waals surface area contributed by atoms with E-state index in [1.807, 2.05) is 0 Å². The van der Waals surface area contributed by atoms with Crippen LogP contribution in [0.5, 0.6) is 0 Å². The molecular formula is C16H14FN5O3. The second-order valence-electron chi connectivity index (χ2n) is 6.05. The minimum Gasteiger partial charge on any atom is -0.324 e. The van der Waals surface area contributed by atoms with Gasteiger partial charge in [-0.25, -0.2) is 4.39 Å². The van der Waals surface area contributed by atoms with E-state index in [0.29, 0.717) is 17.1 Å². The molecule has 9 heteroatoms. The molecule has 128 valence electrons. The van der Waals surface area contributed by atoms with Crippen LogP contribution in [0.25, 0.3) is 0 Å². The monoisotopic (exact) mass is 343 g/mol. The second kappa shape index (κ2) is 4.82. The van der Waals surface area contributed by atoms with E-state index in [0.717, 1.165) is 0 Å². The van der Waals surface area contributed by atoms with E-state index in [-0.39, 0.29) is 16.7 Å². The van der Waals surface area contributed by atoms with Gasteiger partial charge in [0, 0.05) is 22.6 Å². The van der Waals surface area contributed by atoms with Crippen LogP contribution in [-0.2, 0) is 10.2 Å². The number of fused-ring (bicyclic) bond motifs is 1. The van der Waals surface area contributed by atoms with Gasteiger partial charge in [-0.2, -0.15) is 0 Å². The topological polar surface area (TPSA) is 126 Å². The van der Waals surface area contributed by atoms with Gasteiger partial charge < -0.3 is 15.5 Å². The Hall–Kier alpha value is -3.36. The number of benzene rings is 1. The van der Waals surface area contributed by atoms with E-state index in [2.05, 4.69) is 25.7 Å². The van der Waals surface area contributed by atoms with E-state index >= 15 is 0 Å². The molecule has 0 bridgehead atoms. The normalized spacial score (nSPS) is 15.2. The summed E-state index contributed by atoms with van der Waals surface area (Å²) in [6, 6.07) is 3.79. The van der Waals surface area contributed by atoms with Crippen LogP contribution in [0.4, 0.5) is 10.1 Å². The van der Waals surface area contributed by atoms with Crippen molar-refractivity contribution in [1.82, 2.24) is 20.4 Å². The molecule has 5 N–H and O–H groups in total. The number of nitrogens with one attached hydrogen (secondary N) is 5.